The summed E-state index contributed by atoms with van der Waals surface area (Å²) in [7, 11) is -0.897. The zero-order valence-corrected chi connectivity index (χ0v) is 23.1. The highest BCUT2D eigenvalue weighted by atomic mass is 35.5. The second-order valence-electron chi connectivity index (χ2n) is 9.35. The van der Waals surface area contributed by atoms with Crippen molar-refractivity contribution in [3.05, 3.63) is 53.7 Å². The van der Waals surface area contributed by atoms with Crippen molar-refractivity contribution < 1.29 is 14.1 Å². The van der Waals surface area contributed by atoms with Crippen LogP contribution in [-0.2, 0) is 9.36 Å². The normalized spacial score (nSPS) is 14.2. The maximum atomic E-state index is 12.7. The predicted octanol–water partition coefficient (Wildman–Crippen LogP) is 4.98. The number of benzene rings is 2. The number of nitrogens with zero attached hydrogens (tertiary/aromatic N) is 3. The summed E-state index contributed by atoms with van der Waals surface area (Å²) in [6.45, 7) is 6.70. The molecule has 9 nitrogen and oxygen atoms in total. The first-order valence-electron chi connectivity index (χ1n) is 12.1. The zero-order valence-electron chi connectivity index (χ0n) is 21.4. The number of para-hydroxylation sites is 1. The van der Waals surface area contributed by atoms with E-state index < -0.39 is 7.14 Å². The van der Waals surface area contributed by atoms with Gasteiger partial charge in [-0.25, -0.2) is 4.98 Å². The van der Waals surface area contributed by atoms with Crippen LogP contribution in [0.3, 0.4) is 0 Å². The second-order valence-corrected chi connectivity index (χ2v) is 12.9. The van der Waals surface area contributed by atoms with Gasteiger partial charge in [-0.2, -0.15) is 4.98 Å². The lowest BCUT2D eigenvalue weighted by Crippen LogP contribution is -2.44. The van der Waals surface area contributed by atoms with Crippen LogP contribution in [0.4, 0.5) is 28.8 Å². The van der Waals surface area contributed by atoms with Crippen LogP contribution >= 0.6 is 18.7 Å². The van der Waals surface area contributed by atoms with E-state index in [1.165, 1.54) is 6.20 Å². The number of ether oxygens (including phenoxy) is 1. The second kappa shape index (κ2) is 11.4. The lowest BCUT2D eigenvalue weighted by atomic mass is 10.0. The fraction of sp³-hybridized carbons (Fsp3) is 0.346. The number of carbonyl (C=O) groups is 1. The van der Waals surface area contributed by atoms with E-state index in [-0.39, 0.29) is 11.9 Å². The van der Waals surface area contributed by atoms with Gasteiger partial charge in [0.05, 0.1) is 24.7 Å². The molecule has 4 rings (SSSR count). The minimum Gasteiger partial charge on any atom is -0.494 e. The highest BCUT2D eigenvalue weighted by Crippen LogP contribution is 2.39. The van der Waals surface area contributed by atoms with Crippen molar-refractivity contribution in [1.82, 2.24) is 15.3 Å². The fourth-order valence-corrected chi connectivity index (χ4v) is 5.66. The highest BCUT2D eigenvalue weighted by Gasteiger charge is 2.21. The summed E-state index contributed by atoms with van der Waals surface area (Å²) in [6.07, 6.45) is 3.30. The largest absolute Gasteiger partial charge is 0.494 e. The molecule has 1 aliphatic heterocycles. The van der Waals surface area contributed by atoms with Gasteiger partial charge in [0, 0.05) is 43.1 Å². The Bertz CT molecular complexity index is 1320. The van der Waals surface area contributed by atoms with Gasteiger partial charge in [-0.3, -0.25) is 4.79 Å². The summed E-state index contributed by atoms with van der Waals surface area (Å²) >= 11 is 6.38. The molecule has 1 aromatic heterocycles. The Morgan fingerprint density at radius 3 is 2.51 bits per heavy atom. The molecule has 3 aromatic rings. The van der Waals surface area contributed by atoms with Crippen LogP contribution in [0.5, 0.6) is 5.75 Å². The van der Waals surface area contributed by atoms with Gasteiger partial charge in [-0.05, 0) is 50.4 Å². The molecule has 0 unspecified atom stereocenters. The van der Waals surface area contributed by atoms with Crippen LogP contribution in [-0.4, -0.2) is 55.4 Å². The van der Waals surface area contributed by atoms with Gasteiger partial charge < -0.3 is 30.2 Å². The third-order valence-electron chi connectivity index (χ3n) is 6.18. The van der Waals surface area contributed by atoms with Gasteiger partial charge >= 0.3 is 0 Å². The fourth-order valence-electron chi connectivity index (χ4n) is 4.36. The average molecular weight is 543 g/mol. The van der Waals surface area contributed by atoms with E-state index in [1.807, 2.05) is 42.5 Å². The predicted molar refractivity (Wildman–Crippen MR) is 151 cm³/mol. The van der Waals surface area contributed by atoms with Crippen molar-refractivity contribution in [1.29, 1.82) is 0 Å². The number of methoxy groups -OCH3 is 1. The Balaban J connectivity index is 1.51. The van der Waals surface area contributed by atoms with Crippen LogP contribution < -0.4 is 30.9 Å². The summed E-state index contributed by atoms with van der Waals surface area (Å²) < 4.78 is 18.4. The van der Waals surface area contributed by atoms with Crippen molar-refractivity contribution in [3.63, 3.8) is 0 Å². The summed E-state index contributed by atoms with van der Waals surface area (Å²) in [5.74, 6) is 1.40. The maximum Gasteiger partial charge on any atom is 0.229 e. The number of anilines is 5. The van der Waals surface area contributed by atoms with Gasteiger partial charge in [0.2, 0.25) is 11.9 Å². The number of halogens is 1. The molecule has 0 saturated carbocycles. The number of nitrogens with one attached hydrogen (secondary N) is 3. The van der Waals surface area contributed by atoms with Crippen LogP contribution in [0.25, 0.3) is 0 Å². The SMILES string of the molecule is COc1cc(N2CCC(NC(C)=O)CC2)ccc1Nc1ncc(Cl)c(Nc2ccccc2P(C)(C)=O)n1. The lowest BCUT2D eigenvalue weighted by Gasteiger charge is -2.34. The van der Waals surface area contributed by atoms with E-state index in [9.17, 15) is 9.36 Å². The van der Waals surface area contributed by atoms with Gasteiger partial charge in [0.1, 0.15) is 17.9 Å². The molecular weight excluding hydrogens is 511 g/mol. The Morgan fingerprint density at radius 1 is 1.11 bits per heavy atom. The molecule has 0 atom stereocenters. The minimum atomic E-state index is -2.52. The van der Waals surface area contributed by atoms with E-state index in [4.69, 9.17) is 16.3 Å². The van der Waals surface area contributed by atoms with Crippen molar-refractivity contribution in [2.45, 2.75) is 25.8 Å². The molecular formula is C26H32ClN6O3P. The van der Waals surface area contributed by atoms with Crippen LogP contribution in [0.2, 0.25) is 5.02 Å². The molecule has 2 aromatic carbocycles. The first-order valence-corrected chi connectivity index (χ1v) is 15.0. The number of rotatable bonds is 8. The van der Waals surface area contributed by atoms with Gasteiger partial charge in [0.15, 0.2) is 5.82 Å². The first-order chi connectivity index (χ1) is 17.6. The summed E-state index contributed by atoms with van der Waals surface area (Å²) in [5.41, 5.74) is 2.44. The molecule has 0 radical (unpaired) electrons. The molecule has 196 valence electrons. The molecule has 0 bridgehead atoms. The number of carbonyl (C=O) groups excluding carboxylic acids is 1. The number of hydrogen-bond donors (Lipinski definition) is 3. The third kappa shape index (κ3) is 6.73. The highest BCUT2D eigenvalue weighted by molar-refractivity contribution is 7.70. The molecule has 2 heterocycles. The Hall–Kier alpha value is -3.29. The summed E-state index contributed by atoms with van der Waals surface area (Å²) in [5, 5.41) is 10.5. The number of hydrogen-bond acceptors (Lipinski definition) is 8. The Kier molecular flexibility index (Phi) is 8.25. The van der Waals surface area contributed by atoms with Crippen LogP contribution in [0.1, 0.15) is 19.8 Å². The molecule has 0 aliphatic carbocycles. The topological polar surface area (TPSA) is 108 Å². The monoisotopic (exact) mass is 542 g/mol. The van der Waals surface area contributed by atoms with Crippen molar-refractivity contribution in [3.8, 4) is 5.75 Å². The van der Waals surface area contributed by atoms with E-state index in [0.717, 1.165) is 36.9 Å². The maximum absolute atomic E-state index is 12.7. The number of piperidine rings is 1. The molecule has 1 amide bonds. The molecule has 0 spiro atoms. The van der Waals surface area contributed by atoms with Gasteiger partial charge in [0.25, 0.3) is 0 Å². The van der Waals surface area contributed by atoms with Crippen molar-refractivity contribution in [2.75, 3.05) is 49.1 Å². The Morgan fingerprint density at radius 2 is 1.84 bits per heavy atom. The minimum absolute atomic E-state index is 0.0123. The zero-order chi connectivity index (χ0) is 26.6. The van der Waals surface area contributed by atoms with E-state index in [2.05, 4.69) is 30.8 Å². The number of aromatic nitrogens is 2. The number of amides is 1. The Labute approximate surface area is 222 Å². The van der Waals surface area contributed by atoms with E-state index in [1.54, 1.807) is 27.4 Å². The first kappa shape index (κ1) is 26.8. The van der Waals surface area contributed by atoms with Crippen molar-refractivity contribution in [2.24, 2.45) is 0 Å². The van der Waals surface area contributed by atoms with Crippen LogP contribution in [0, 0.1) is 0 Å². The average Bonchev–Trinajstić information content (AvgIpc) is 2.86. The molecule has 1 aliphatic rings. The van der Waals surface area contributed by atoms with Crippen molar-refractivity contribution >= 4 is 58.8 Å². The molecule has 1 fully saturated rings. The quantitative estimate of drug-likeness (QED) is 0.342. The summed E-state index contributed by atoms with van der Waals surface area (Å²) in [6, 6.07) is 13.6. The molecule has 11 heteroatoms. The molecule has 1 saturated heterocycles. The lowest BCUT2D eigenvalue weighted by molar-refractivity contribution is -0.119. The smallest absolute Gasteiger partial charge is 0.229 e. The molecule has 3 N–H and O–H groups in total. The summed E-state index contributed by atoms with van der Waals surface area (Å²) in [4.78, 5) is 22.5. The van der Waals surface area contributed by atoms with E-state index >= 15 is 0 Å². The standard InChI is InChI=1S/C26H32ClN6O3P/c1-17(34)29-18-11-13-33(14-12-18)19-9-10-21(23(15-19)36-2)31-26-28-16-20(27)25(32-26)30-22-7-5-6-8-24(22)37(3,4)35/h5-10,15-16,18H,11-14H2,1-4H3,(H,29,34)(H2,28,30,31,32). The van der Waals surface area contributed by atoms with Gasteiger partial charge in [-0.1, -0.05) is 23.7 Å². The third-order valence-corrected chi connectivity index (χ3v) is 8.01. The van der Waals surface area contributed by atoms with Gasteiger partial charge in [-0.15, -0.1) is 0 Å². The van der Waals surface area contributed by atoms with Crippen LogP contribution in [0.15, 0.2) is 48.7 Å². The van der Waals surface area contributed by atoms with E-state index in [0.29, 0.717) is 33.9 Å². The molecule has 37 heavy (non-hydrogen) atoms.